The number of nitrogens with one attached hydrogen (secondary N) is 1. The maximum atomic E-state index is 14.0. The molecule has 2 aromatic heterocycles. The summed E-state index contributed by atoms with van der Waals surface area (Å²) in [6.07, 6.45) is 1.17. The molecule has 0 bridgehead atoms. The van der Waals surface area contributed by atoms with E-state index in [1.54, 1.807) is 26.0 Å². The summed E-state index contributed by atoms with van der Waals surface area (Å²) in [7, 11) is 0. The maximum absolute atomic E-state index is 14.0. The summed E-state index contributed by atoms with van der Waals surface area (Å²) in [6, 6.07) is 10.6. The van der Waals surface area contributed by atoms with Crippen molar-refractivity contribution in [2.45, 2.75) is 38.8 Å². The lowest BCUT2D eigenvalue weighted by atomic mass is 10.0. The van der Waals surface area contributed by atoms with Crippen LogP contribution in [-0.2, 0) is 12.1 Å². The van der Waals surface area contributed by atoms with E-state index in [9.17, 15) is 22.4 Å². The van der Waals surface area contributed by atoms with Crippen molar-refractivity contribution in [2.75, 3.05) is 0 Å². The number of fused-ring (bicyclic) bond motifs is 1. The molecule has 2 aromatic carbocycles. The predicted octanol–water partition coefficient (Wildman–Crippen LogP) is 5.51. The zero-order valence-electron chi connectivity index (χ0n) is 19.0. The summed E-state index contributed by atoms with van der Waals surface area (Å²) < 4.78 is 62.4. The second-order valence-corrected chi connectivity index (χ2v) is 8.78. The van der Waals surface area contributed by atoms with Gasteiger partial charge in [0, 0.05) is 6.07 Å². The topological polar surface area (TPSA) is 55.6 Å². The SMILES string of the molecule is Cc1cc(OCc2c(F)cccc2F)n2nc(C)c(C(=O)NC3(c4ccc(F)c(F)c4)CC3)c2c1. The molecule has 5 nitrogen and oxygen atoms in total. The molecule has 0 unspecified atom stereocenters. The molecule has 1 fully saturated rings. The molecule has 1 N–H and O–H groups in total. The Morgan fingerprint density at radius 2 is 1.71 bits per heavy atom. The molecular weight excluding hydrogens is 462 g/mol. The van der Waals surface area contributed by atoms with E-state index in [0.717, 1.165) is 29.8 Å². The van der Waals surface area contributed by atoms with E-state index < -0.39 is 34.7 Å². The molecule has 1 amide bonds. The number of rotatable bonds is 6. The quantitative estimate of drug-likeness (QED) is 0.368. The first-order chi connectivity index (χ1) is 16.7. The minimum atomic E-state index is -0.973. The van der Waals surface area contributed by atoms with E-state index in [-0.39, 0.29) is 18.1 Å². The Kier molecular flexibility index (Phi) is 5.50. The molecule has 2 heterocycles. The van der Waals surface area contributed by atoms with E-state index in [0.29, 0.717) is 35.2 Å². The number of carbonyl (C=O) groups excluding carboxylic acids is 1. The zero-order chi connectivity index (χ0) is 24.9. The molecule has 35 heavy (non-hydrogen) atoms. The number of aromatic nitrogens is 2. The summed E-state index contributed by atoms with van der Waals surface area (Å²) in [5.74, 6) is -3.58. The Morgan fingerprint density at radius 3 is 2.37 bits per heavy atom. The number of carbonyl (C=O) groups is 1. The molecule has 5 rings (SSSR count). The van der Waals surface area contributed by atoms with Crippen molar-refractivity contribution in [3.63, 3.8) is 0 Å². The highest BCUT2D eigenvalue weighted by atomic mass is 19.2. The van der Waals surface area contributed by atoms with Gasteiger partial charge in [0.25, 0.3) is 5.91 Å². The fraction of sp³-hybridized carbons (Fsp3) is 0.231. The Hall–Kier alpha value is -3.88. The van der Waals surface area contributed by atoms with Gasteiger partial charge in [-0.1, -0.05) is 12.1 Å². The molecule has 1 saturated carbocycles. The van der Waals surface area contributed by atoms with Crippen LogP contribution in [-0.4, -0.2) is 15.5 Å². The van der Waals surface area contributed by atoms with Crippen LogP contribution in [0.1, 0.15) is 45.6 Å². The molecule has 1 aliphatic carbocycles. The third kappa shape index (κ3) is 4.11. The molecular formula is C26H21F4N3O2. The number of hydrogen-bond donors (Lipinski definition) is 1. The van der Waals surface area contributed by atoms with Crippen LogP contribution in [0.3, 0.4) is 0 Å². The van der Waals surface area contributed by atoms with Crippen LogP contribution in [0.4, 0.5) is 17.6 Å². The highest BCUT2D eigenvalue weighted by Gasteiger charge is 2.46. The molecule has 0 saturated heterocycles. The average molecular weight is 483 g/mol. The second kappa shape index (κ2) is 8.41. The normalized spacial score (nSPS) is 14.2. The van der Waals surface area contributed by atoms with E-state index >= 15 is 0 Å². The van der Waals surface area contributed by atoms with Crippen molar-refractivity contribution < 1.29 is 27.1 Å². The fourth-order valence-corrected chi connectivity index (χ4v) is 4.24. The largest absolute Gasteiger partial charge is 0.473 e. The van der Waals surface area contributed by atoms with Gasteiger partial charge in [-0.15, -0.1) is 0 Å². The van der Waals surface area contributed by atoms with Gasteiger partial charge in [0.1, 0.15) is 18.2 Å². The maximum Gasteiger partial charge on any atom is 0.256 e. The Balaban J connectivity index is 1.46. The fourth-order valence-electron chi connectivity index (χ4n) is 4.24. The van der Waals surface area contributed by atoms with Crippen LogP contribution >= 0.6 is 0 Å². The predicted molar refractivity (Wildman–Crippen MR) is 120 cm³/mol. The van der Waals surface area contributed by atoms with E-state index in [4.69, 9.17) is 4.74 Å². The van der Waals surface area contributed by atoms with Crippen molar-refractivity contribution in [1.82, 2.24) is 14.9 Å². The Bertz CT molecular complexity index is 1460. The van der Waals surface area contributed by atoms with Crippen LogP contribution in [0.5, 0.6) is 5.88 Å². The van der Waals surface area contributed by atoms with Crippen LogP contribution in [0.25, 0.3) is 5.52 Å². The summed E-state index contributed by atoms with van der Waals surface area (Å²) in [5.41, 5.74) is 1.40. The van der Waals surface area contributed by atoms with Crippen LogP contribution in [0.2, 0.25) is 0 Å². The standard InChI is InChI=1S/C26H21F4N3O2/c1-14-10-22-24(25(34)31-26(8-9-26)16-6-7-20(29)21(30)12-16)15(2)32-33(22)23(11-14)35-13-17-18(27)4-3-5-19(17)28/h3-7,10-12H,8-9,13H2,1-2H3,(H,31,34). The summed E-state index contributed by atoms with van der Waals surface area (Å²) >= 11 is 0. The summed E-state index contributed by atoms with van der Waals surface area (Å²) in [4.78, 5) is 13.3. The number of amides is 1. The number of halogens is 4. The number of ether oxygens (including phenoxy) is 1. The lowest BCUT2D eigenvalue weighted by molar-refractivity contribution is 0.0931. The van der Waals surface area contributed by atoms with Crippen molar-refractivity contribution >= 4 is 11.4 Å². The number of nitrogens with zero attached hydrogens (tertiary/aromatic N) is 2. The van der Waals surface area contributed by atoms with Gasteiger partial charge >= 0.3 is 0 Å². The third-order valence-electron chi connectivity index (χ3n) is 6.25. The van der Waals surface area contributed by atoms with Gasteiger partial charge in [-0.2, -0.15) is 9.61 Å². The van der Waals surface area contributed by atoms with Gasteiger partial charge in [-0.05, 0) is 68.1 Å². The van der Waals surface area contributed by atoms with E-state index in [1.165, 1.54) is 16.6 Å². The van der Waals surface area contributed by atoms with Gasteiger partial charge in [-0.25, -0.2) is 17.6 Å². The highest BCUT2D eigenvalue weighted by molar-refractivity contribution is 6.02. The number of benzene rings is 2. The van der Waals surface area contributed by atoms with Gasteiger partial charge < -0.3 is 10.1 Å². The van der Waals surface area contributed by atoms with Gasteiger partial charge in [0.15, 0.2) is 11.6 Å². The van der Waals surface area contributed by atoms with E-state index in [1.807, 2.05) is 0 Å². The Labute approximate surface area is 198 Å². The van der Waals surface area contributed by atoms with Crippen LogP contribution in [0, 0.1) is 37.1 Å². The lowest BCUT2D eigenvalue weighted by Gasteiger charge is -2.18. The van der Waals surface area contributed by atoms with Crippen molar-refractivity contribution in [1.29, 1.82) is 0 Å². The third-order valence-corrected chi connectivity index (χ3v) is 6.25. The highest BCUT2D eigenvalue weighted by Crippen LogP contribution is 2.46. The lowest BCUT2D eigenvalue weighted by Crippen LogP contribution is -2.35. The van der Waals surface area contributed by atoms with Gasteiger partial charge in [0.05, 0.1) is 27.9 Å². The molecule has 0 aliphatic heterocycles. The average Bonchev–Trinajstić information content (AvgIpc) is 3.49. The molecule has 9 heteroatoms. The summed E-state index contributed by atoms with van der Waals surface area (Å²) in [6.45, 7) is 3.09. The van der Waals surface area contributed by atoms with Gasteiger partial charge in [0.2, 0.25) is 5.88 Å². The summed E-state index contributed by atoms with van der Waals surface area (Å²) in [5, 5.41) is 7.37. The first-order valence-corrected chi connectivity index (χ1v) is 11.0. The van der Waals surface area contributed by atoms with Crippen LogP contribution < -0.4 is 10.1 Å². The number of aryl methyl sites for hydroxylation is 2. The van der Waals surface area contributed by atoms with Gasteiger partial charge in [-0.3, -0.25) is 4.79 Å². The van der Waals surface area contributed by atoms with Crippen molar-refractivity contribution in [3.05, 3.63) is 99.7 Å². The van der Waals surface area contributed by atoms with Crippen molar-refractivity contribution in [3.8, 4) is 5.88 Å². The van der Waals surface area contributed by atoms with Crippen LogP contribution in [0.15, 0.2) is 48.5 Å². The minimum Gasteiger partial charge on any atom is -0.473 e. The minimum absolute atomic E-state index is 0.214. The monoisotopic (exact) mass is 483 g/mol. The Morgan fingerprint density at radius 1 is 1.00 bits per heavy atom. The first kappa shape index (κ1) is 22.9. The molecule has 180 valence electrons. The molecule has 0 spiro atoms. The number of pyridine rings is 1. The zero-order valence-corrected chi connectivity index (χ0v) is 19.0. The smallest absolute Gasteiger partial charge is 0.256 e. The molecule has 0 radical (unpaired) electrons. The number of hydrogen-bond acceptors (Lipinski definition) is 3. The second-order valence-electron chi connectivity index (χ2n) is 8.78. The van der Waals surface area contributed by atoms with Crippen molar-refractivity contribution in [2.24, 2.45) is 0 Å². The van der Waals surface area contributed by atoms with E-state index in [2.05, 4.69) is 10.4 Å². The molecule has 0 atom stereocenters. The first-order valence-electron chi connectivity index (χ1n) is 11.0. The molecule has 1 aliphatic rings. The molecule has 4 aromatic rings.